The number of hydrogen-bond donors (Lipinski definition) is 2. The zero-order valence-corrected chi connectivity index (χ0v) is 12.5. The van der Waals surface area contributed by atoms with Crippen molar-refractivity contribution in [1.29, 1.82) is 0 Å². The smallest absolute Gasteiger partial charge is 0.336 e. The van der Waals surface area contributed by atoms with Crippen molar-refractivity contribution in [3.8, 4) is 0 Å². The van der Waals surface area contributed by atoms with Crippen molar-refractivity contribution in [2.45, 2.75) is 13.8 Å². The summed E-state index contributed by atoms with van der Waals surface area (Å²) < 4.78 is 0. The maximum absolute atomic E-state index is 12.3. The maximum atomic E-state index is 12.3. The molecule has 0 saturated heterocycles. The van der Waals surface area contributed by atoms with Gasteiger partial charge in [-0.05, 0) is 43.7 Å². The molecule has 2 N–H and O–H groups in total. The summed E-state index contributed by atoms with van der Waals surface area (Å²) in [6.45, 7) is 3.14. The second kappa shape index (κ2) is 6.27. The van der Waals surface area contributed by atoms with Gasteiger partial charge < -0.3 is 10.4 Å². The number of hydrogen-bond acceptors (Lipinski definition) is 4. The molecule has 7 nitrogen and oxygen atoms in total. The first-order chi connectivity index (χ1) is 10.8. The van der Waals surface area contributed by atoms with E-state index in [0.29, 0.717) is 16.8 Å². The highest BCUT2D eigenvalue weighted by atomic mass is 16.6. The van der Waals surface area contributed by atoms with Crippen molar-refractivity contribution < 1.29 is 19.6 Å². The highest BCUT2D eigenvalue weighted by Crippen LogP contribution is 2.22. The Labute approximate surface area is 131 Å². The molecule has 0 aromatic heterocycles. The maximum Gasteiger partial charge on any atom is 0.336 e. The van der Waals surface area contributed by atoms with Crippen molar-refractivity contribution in [3.05, 3.63) is 68.8 Å². The Morgan fingerprint density at radius 1 is 1.17 bits per heavy atom. The Kier molecular flexibility index (Phi) is 4.40. The number of rotatable bonds is 4. The number of carboxylic acid groups (broad SMARTS) is 1. The van der Waals surface area contributed by atoms with Crippen molar-refractivity contribution >= 4 is 23.3 Å². The van der Waals surface area contributed by atoms with E-state index in [1.54, 1.807) is 19.9 Å². The lowest BCUT2D eigenvalue weighted by Crippen LogP contribution is -2.14. The highest BCUT2D eigenvalue weighted by molar-refractivity contribution is 6.05. The molecule has 23 heavy (non-hydrogen) atoms. The number of aromatic carboxylic acids is 1. The average molecular weight is 314 g/mol. The molecular formula is C16H14N2O5. The molecule has 2 aromatic carbocycles. The Bertz CT molecular complexity index is 814. The number of aryl methyl sites for hydroxylation is 1. The first-order valence-corrected chi connectivity index (χ1v) is 6.70. The largest absolute Gasteiger partial charge is 0.478 e. The van der Waals surface area contributed by atoms with Gasteiger partial charge in [0.1, 0.15) is 0 Å². The third kappa shape index (κ3) is 3.34. The SMILES string of the molecule is Cc1cc(C(=O)Nc2cccc(C(=O)O)c2C)ccc1[N+](=O)[O-]. The second-order valence-electron chi connectivity index (χ2n) is 5.00. The molecule has 0 aliphatic rings. The van der Waals surface area contributed by atoms with Gasteiger partial charge in [-0.2, -0.15) is 0 Å². The molecule has 0 aliphatic heterocycles. The predicted octanol–water partition coefficient (Wildman–Crippen LogP) is 3.16. The zero-order valence-electron chi connectivity index (χ0n) is 12.5. The van der Waals surface area contributed by atoms with Crippen molar-refractivity contribution in [2.75, 3.05) is 5.32 Å². The van der Waals surface area contributed by atoms with Crippen LogP contribution < -0.4 is 5.32 Å². The van der Waals surface area contributed by atoms with Crippen LogP contribution in [0.1, 0.15) is 31.8 Å². The molecule has 118 valence electrons. The van der Waals surface area contributed by atoms with Crippen LogP contribution >= 0.6 is 0 Å². The van der Waals surface area contributed by atoms with Gasteiger partial charge in [0.15, 0.2) is 0 Å². The normalized spacial score (nSPS) is 10.2. The van der Waals surface area contributed by atoms with Gasteiger partial charge in [0, 0.05) is 22.9 Å². The van der Waals surface area contributed by atoms with E-state index in [4.69, 9.17) is 5.11 Å². The lowest BCUT2D eigenvalue weighted by Gasteiger charge is -2.10. The Balaban J connectivity index is 2.30. The van der Waals surface area contributed by atoms with Crippen LogP contribution in [-0.2, 0) is 0 Å². The first-order valence-electron chi connectivity index (χ1n) is 6.70. The van der Waals surface area contributed by atoms with E-state index in [9.17, 15) is 19.7 Å². The van der Waals surface area contributed by atoms with Crippen molar-refractivity contribution in [2.24, 2.45) is 0 Å². The number of benzene rings is 2. The number of carbonyl (C=O) groups is 2. The average Bonchev–Trinajstić information content (AvgIpc) is 2.48. The Morgan fingerprint density at radius 2 is 1.87 bits per heavy atom. The lowest BCUT2D eigenvalue weighted by molar-refractivity contribution is -0.385. The molecule has 0 bridgehead atoms. The van der Waals surface area contributed by atoms with Gasteiger partial charge in [0.05, 0.1) is 10.5 Å². The molecule has 0 unspecified atom stereocenters. The summed E-state index contributed by atoms with van der Waals surface area (Å²) in [6.07, 6.45) is 0. The summed E-state index contributed by atoms with van der Waals surface area (Å²) in [5, 5.41) is 22.5. The zero-order chi connectivity index (χ0) is 17.1. The van der Waals surface area contributed by atoms with Gasteiger partial charge in [-0.15, -0.1) is 0 Å². The molecule has 0 atom stereocenters. The fourth-order valence-electron chi connectivity index (χ4n) is 2.20. The van der Waals surface area contributed by atoms with Crippen molar-refractivity contribution in [1.82, 2.24) is 0 Å². The van der Waals surface area contributed by atoms with Crippen LogP contribution in [0.4, 0.5) is 11.4 Å². The van der Waals surface area contributed by atoms with E-state index >= 15 is 0 Å². The molecule has 0 spiro atoms. The standard InChI is InChI=1S/C16H14N2O5/c1-9-8-11(6-7-14(9)18(22)23)15(19)17-13-5-3-4-12(10(13)2)16(20)21/h3-8H,1-2H3,(H,17,19)(H,20,21). The first kappa shape index (κ1) is 16.2. The monoisotopic (exact) mass is 314 g/mol. The number of amides is 1. The molecule has 0 heterocycles. The molecular weight excluding hydrogens is 300 g/mol. The second-order valence-corrected chi connectivity index (χ2v) is 5.00. The van der Waals surface area contributed by atoms with Crippen LogP contribution in [0.3, 0.4) is 0 Å². The number of nitro groups is 1. The molecule has 0 fully saturated rings. The summed E-state index contributed by atoms with van der Waals surface area (Å²) in [7, 11) is 0. The van der Waals surface area contributed by atoms with E-state index in [-0.39, 0.29) is 16.8 Å². The summed E-state index contributed by atoms with van der Waals surface area (Å²) in [5.41, 5.74) is 1.48. The fraction of sp³-hybridized carbons (Fsp3) is 0.125. The summed E-state index contributed by atoms with van der Waals surface area (Å²) in [4.78, 5) is 33.6. The Morgan fingerprint density at radius 3 is 2.43 bits per heavy atom. The fourth-order valence-corrected chi connectivity index (χ4v) is 2.20. The molecule has 0 radical (unpaired) electrons. The number of nitro benzene ring substituents is 1. The Hall–Kier alpha value is -3.22. The summed E-state index contributed by atoms with van der Waals surface area (Å²) in [6, 6.07) is 8.62. The minimum absolute atomic E-state index is 0.0643. The quantitative estimate of drug-likeness (QED) is 0.665. The van der Waals surface area contributed by atoms with Crippen LogP contribution in [-0.4, -0.2) is 21.9 Å². The van der Waals surface area contributed by atoms with E-state index in [2.05, 4.69) is 5.32 Å². The van der Waals surface area contributed by atoms with Gasteiger partial charge in [-0.1, -0.05) is 6.07 Å². The minimum atomic E-state index is -1.08. The highest BCUT2D eigenvalue weighted by Gasteiger charge is 2.16. The number of nitrogens with zero attached hydrogens (tertiary/aromatic N) is 1. The van der Waals surface area contributed by atoms with Crippen molar-refractivity contribution in [3.63, 3.8) is 0 Å². The predicted molar refractivity (Wildman–Crippen MR) is 83.9 cm³/mol. The number of nitrogens with one attached hydrogen (secondary N) is 1. The van der Waals surface area contributed by atoms with E-state index < -0.39 is 16.8 Å². The molecule has 2 aromatic rings. The van der Waals surface area contributed by atoms with Gasteiger partial charge in [-0.3, -0.25) is 14.9 Å². The molecule has 0 aliphatic carbocycles. The molecule has 7 heteroatoms. The van der Waals surface area contributed by atoms with Crippen LogP contribution in [0.5, 0.6) is 0 Å². The molecule has 2 rings (SSSR count). The van der Waals surface area contributed by atoms with Gasteiger partial charge in [0.25, 0.3) is 11.6 Å². The van der Waals surface area contributed by atoms with Gasteiger partial charge >= 0.3 is 5.97 Å². The van der Waals surface area contributed by atoms with Crippen LogP contribution in [0.2, 0.25) is 0 Å². The molecule has 0 saturated carbocycles. The van der Waals surface area contributed by atoms with E-state index in [0.717, 1.165) is 0 Å². The van der Waals surface area contributed by atoms with E-state index in [1.165, 1.54) is 30.3 Å². The summed E-state index contributed by atoms with van der Waals surface area (Å²) >= 11 is 0. The molecule has 1 amide bonds. The number of anilines is 1. The third-order valence-corrected chi connectivity index (χ3v) is 3.47. The summed E-state index contributed by atoms with van der Waals surface area (Å²) in [5.74, 6) is -1.54. The number of carbonyl (C=O) groups excluding carboxylic acids is 1. The van der Waals surface area contributed by atoms with Crippen LogP contribution in [0.25, 0.3) is 0 Å². The van der Waals surface area contributed by atoms with Crippen LogP contribution in [0.15, 0.2) is 36.4 Å². The third-order valence-electron chi connectivity index (χ3n) is 3.47. The lowest BCUT2D eigenvalue weighted by atomic mass is 10.1. The number of carboxylic acids is 1. The van der Waals surface area contributed by atoms with Crippen LogP contribution in [0, 0.1) is 24.0 Å². The van der Waals surface area contributed by atoms with E-state index in [1.807, 2.05) is 0 Å². The topological polar surface area (TPSA) is 110 Å². The van der Waals surface area contributed by atoms with Gasteiger partial charge in [-0.25, -0.2) is 4.79 Å². The minimum Gasteiger partial charge on any atom is -0.478 e. The van der Waals surface area contributed by atoms with Gasteiger partial charge in [0.2, 0.25) is 0 Å².